The van der Waals surface area contributed by atoms with E-state index in [2.05, 4.69) is 4.90 Å². The van der Waals surface area contributed by atoms with Crippen LogP contribution in [-0.4, -0.2) is 73.8 Å². The molecule has 1 amide bonds. The summed E-state index contributed by atoms with van der Waals surface area (Å²) in [7, 11) is 0. The van der Waals surface area contributed by atoms with E-state index in [1.165, 1.54) is 4.90 Å². The number of hydrogen-bond acceptors (Lipinski definition) is 5. The molecule has 2 aliphatic rings. The molecule has 2 fully saturated rings. The van der Waals surface area contributed by atoms with Crippen LogP contribution in [0.1, 0.15) is 26.7 Å². The quantitative estimate of drug-likeness (QED) is 0.707. The van der Waals surface area contributed by atoms with E-state index in [0.717, 1.165) is 31.9 Å². The Labute approximate surface area is 166 Å². The zero-order valence-corrected chi connectivity index (χ0v) is 16.9. The van der Waals surface area contributed by atoms with Crippen LogP contribution in [0.5, 0.6) is 5.75 Å². The number of rotatable bonds is 5. The van der Waals surface area contributed by atoms with E-state index in [1.807, 2.05) is 36.9 Å². The fourth-order valence-corrected chi connectivity index (χ4v) is 4.24. The number of piperazine rings is 1. The average Bonchev–Trinajstić information content (AvgIpc) is 2.73. The number of likely N-dealkylation sites (tertiary alicyclic amines) is 1. The Balaban J connectivity index is 1.49. The zero-order valence-electron chi connectivity index (χ0n) is 16.9. The SMILES string of the molecule is CCOC(=O)C1CCN(C(=O)[C@@H](C)[NH+]2CCN(c3ccccc3O)CC2)CC1. The van der Waals surface area contributed by atoms with Crippen LogP contribution < -0.4 is 9.80 Å². The monoisotopic (exact) mass is 390 g/mol. The fourth-order valence-electron chi connectivity index (χ4n) is 4.24. The summed E-state index contributed by atoms with van der Waals surface area (Å²) in [4.78, 5) is 30.2. The maximum absolute atomic E-state index is 12.9. The van der Waals surface area contributed by atoms with Gasteiger partial charge in [-0.25, -0.2) is 0 Å². The third-order valence-electron chi connectivity index (χ3n) is 6.04. The lowest BCUT2D eigenvalue weighted by Gasteiger charge is -2.38. The molecule has 2 heterocycles. The van der Waals surface area contributed by atoms with E-state index in [-0.39, 0.29) is 23.8 Å². The topological polar surface area (TPSA) is 74.5 Å². The average molecular weight is 391 g/mol. The highest BCUT2D eigenvalue weighted by Gasteiger charge is 2.35. The molecule has 2 N–H and O–H groups in total. The molecule has 0 radical (unpaired) electrons. The van der Waals surface area contributed by atoms with Gasteiger partial charge in [-0.15, -0.1) is 0 Å². The lowest BCUT2D eigenvalue weighted by Crippen LogP contribution is -3.19. The molecule has 1 aromatic rings. The first-order chi connectivity index (χ1) is 13.5. The van der Waals surface area contributed by atoms with Gasteiger partial charge in [0.15, 0.2) is 6.04 Å². The van der Waals surface area contributed by atoms with Crippen LogP contribution in [0.2, 0.25) is 0 Å². The highest BCUT2D eigenvalue weighted by atomic mass is 16.5. The number of carbonyl (C=O) groups is 2. The van der Waals surface area contributed by atoms with Gasteiger partial charge < -0.3 is 24.5 Å². The van der Waals surface area contributed by atoms with E-state index in [1.54, 1.807) is 6.07 Å². The molecule has 0 bridgehead atoms. The number of hydrogen-bond donors (Lipinski definition) is 2. The molecule has 3 rings (SSSR count). The number of amides is 1. The molecule has 0 saturated carbocycles. The Hall–Kier alpha value is -2.28. The lowest BCUT2D eigenvalue weighted by molar-refractivity contribution is -0.915. The Morgan fingerprint density at radius 1 is 1.18 bits per heavy atom. The van der Waals surface area contributed by atoms with Gasteiger partial charge in [0.2, 0.25) is 0 Å². The minimum Gasteiger partial charge on any atom is -0.506 e. The molecule has 28 heavy (non-hydrogen) atoms. The van der Waals surface area contributed by atoms with Crippen LogP contribution in [0.25, 0.3) is 0 Å². The van der Waals surface area contributed by atoms with Crippen LogP contribution in [0.3, 0.4) is 0 Å². The first-order valence-electron chi connectivity index (χ1n) is 10.3. The third kappa shape index (κ3) is 4.58. The molecule has 7 heteroatoms. The summed E-state index contributed by atoms with van der Waals surface area (Å²) in [6.45, 7) is 8.84. The molecule has 0 aliphatic carbocycles. The van der Waals surface area contributed by atoms with Crippen molar-refractivity contribution in [3.8, 4) is 5.75 Å². The minimum absolute atomic E-state index is 0.0752. The molecule has 7 nitrogen and oxygen atoms in total. The maximum atomic E-state index is 12.9. The molecule has 0 aromatic heterocycles. The van der Waals surface area contributed by atoms with Crippen molar-refractivity contribution < 1.29 is 24.3 Å². The van der Waals surface area contributed by atoms with Crippen molar-refractivity contribution in [3.63, 3.8) is 0 Å². The van der Waals surface area contributed by atoms with E-state index in [9.17, 15) is 14.7 Å². The Morgan fingerprint density at radius 2 is 1.82 bits per heavy atom. The first kappa shape index (κ1) is 20.5. The molecule has 0 spiro atoms. The third-order valence-corrected chi connectivity index (χ3v) is 6.04. The molecule has 2 saturated heterocycles. The predicted octanol–water partition coefficient (Wildman–Crippen LogP) is 0.287. The number of anilines is 1. The van der Waals surface area contributed by atoms with Crippen LogP contribution in [0, 0.1) is 5.92 Å². The molecular weight excluding hydrogens is 358 g/mol. The number of phenols is 1. The van der Waals surface area contributed by atoms with Crippen LogP contribution in [0.4, 0.5) is 5.69 Å². The second-order valence-corrected chi connectivity index (χ2v) is 7.71. The van der Waals surface area contributed by atoms with Gasteiger partial charge in [0.1, 0.15) is 5.75 Å². The molecule has 1 aromatic carbocycles. The highest BCUT2D eigenvalue weighted by Crippen LogP contribution is 2.26. The van der Waals surface area contributed by atoms with Crippen LogP contribution in [-0.2, 0) is 14.3 Å². The number of ether oxygens (including phenoxy) is 1. The van der Waals surface area contributed by atoms with Crippen molar-refractivity contribution in [2.75, 3.05) is 50.8 Å². The van der Waals surface area contributed by atoms with Gasteiger partial charge in [0.05, 0.1) is 44.4 Å². The van der Waals surface area contributed by atoms with Crippen LogP contribution in [0.15, 0.2) is 24.3 Å². The number of piperidine rings is 1. The van der Waals surface area contributed by atoms with E-state index < -0.39 is 0 Å². The van der Waals surface area contributed by atoms with Crippen molar-refractivity contribution >= 4 is 17.6 Å². The van der Waals surface area contributed by atoms with E-state index in [4.69, 9.17) is 4.74 Å². The van der Waals surface area contributed by atoms with Crippen molar-refractivity contribution in [2.45, 2.75) is 32.7 Å². The molecule has 0 unspecified atom stereocenters. The van der Waals surface area contributed by atoms with Gasteiger partial charge in [-0.2, -0.15) is 0 Å². The standard InChI is InChI=1S/C21H31N3O4/c1-3-28-21(27)17-8-10-24(11-9-17)20(26)16(2)22-12-14-23(15-13-22)18-6-4-5-7-19(18)25/h4-7,16-17,25H,3,8-15H2,1-2H3/p+1/t16-/m1/s1. The van der Waals surface area contributed by atoms with E-state index >= 15 is 0 Å². The number of esters is 1. The number of nitrogens with zero attached hydrogens (tertiary/aromatic N) is 2. The summed E-state index contributed by atoms with van der Waals surface area (Å²) in [5.41, 5.74) is 0.863. The zero-order chi connectivity index (χ0) is 20.1. The first-order valence-corrected chi connectivity index (χ1v) is 10.3. The molecule has 154 valence electrons. The number of nitrogens with one attached hydrogen (secondary N) is 1. The number of para-hydroxylation sites is 2. The Morgan fingerprint density at radius 3 is 2.43 bits per heavy atom. The number of phenolic OH excluding ortho intramolecular Hbond substituents is 1. The Bertz CT molecular complexity index is 680. The van der Waals surface area contributed by atoms with Crippen molar-refractivity contribution in [2.24, 2.45) is 5.92 Å². The number of aromatic hydroxyl groups is 1. The van der Waals surface area contributed by atoms with E-state index in [0.29, 0.717) is 38.3 Å². The smallest absolute Gasteiger partial charge is 0.309 e. The number of carbonyl (C=O) groups excluding carboxylic acids is 2. The maximum Gasteiger partial charge on any atom is 0.309 e. The van der Waals surface area contributed by atoms with Gasteiger partial charge in [-0.1, -0.05) is 12.1 Å². The number of benzene rings is 1. The summed E-state index contributed by atoms with van der Waals surface area (Å²) >= 11 is 0. The Kier molecular flexibility index (Phi) is 6.78. The summed E-state index contributed by atoms with van der Waals surface area (Å²) < 4.78 is 5.11. The minimum atomic E-state index is -0.131. The summed E-state index contributed by atoms with van der Waals surface area (Å²) in [6.07, 6.45) is 1.38. The second-order valence-electron chi connectivity index (χ2n) is 7.71. The lowest BCUT2D eigenvalue weighted by atomic mass is 9.96. The van der Waals surface area contributed by atoms with Gasteiger partial charge in [-0.05, 0) is 38.8 Å². The van der Waals surface area contributed by atoms with Crippen LogP contribution >= 0.6 is 0 Å². The summed E-state index contributed by atoms with van der Waals surface area (Å²) in [5.74, 6) is 0.273. The largest absolute Gasteiger partial charge is 0.506 e. The normalized spacial score (nSPS) is 20.1. The second kappa shape index (κ2) is 9.28. The molecule has 1 atom stereocenters. The summed E-state index contributed by atoms with van der Waals surface area (Å²) in [5, 5.41) is 10.0. The summed E-state index contributed by atoms with van der Waals surface area (Å²) in [6, 6.07) is 7.31. The fraction of sp³-hybridized carbons (Fsp3) is 0.619. The molecular formula is C21H32N3O4+. The van der Waals surface area contributed by atoms with Crippen molar-refractivity contribution in [3.05, 3.63) is 24.3 Å². The van der Waals surface area contributed by atoms with Gasteiger partial charge in [-0.3, -0.25) is 9.59 Å². The van der Waals surface area contributed by atoms with Gasteiger partial charge >= 0.3 is 5.97 Å². The molecule has 2 aliphatic heterocycles. The highest BCUT2D eigenvalue weighted by molar-refractivity contribution is 5.80. The van der Waals surface area contributed by atoms with Crippen molar-refractivity contribution in [1.29, 1.82) is 0 Å². The number of quaternary nitrogens is 1. The van der Waals surface area contributed by atoms with Gasteiger partial charge in [0, 0.05) is 13.1 Å². The van der Waals surface area contributed by atoms with Crippen molar-refractivity contribution in [1.82, 2.24) is 4.90 Å². The predicted molar refractivity (Wildman–Crippen MR) is 106 cm³/mol. The van der Waals surface area contributed by atoms with Gasteiger partial charge in [0.25, 0.3) is 5.91 Å².